The van der Waals surface area contributed by atoms with E-state index in [-0.39, 0.29) is 0 Å². The van der Waals surface area contributed by atoms with Crippen molar-refractivity contribution in [2.75, 3.05) is 7.11 Å². The number of carbonyl (C=O) groups excluding carboxylic acids is 1. The van der Waals surface area contributed by atoms with E-state index in [0.717, 1.165) is 0 Å². The highest BCUT2D eigenvalue weighted by molar-refractivity contribution is 7.09. The average Bonchev–Trinajstić information content (AvgIpc) is 2.92. The van der Waals surface area contributed by atoms with Gasteiger partial charge in [-0.15, -0.1) is 11.3 Å². The first-order chi connectivity index (χ1) is 8.55. The van der Waals surface area contributed by atoms with Crippen molar-refractivity contribution < 1.29 is 14.6 Å². The minimum atomic E-state index is -1.15. The molecule has 1 aromatic carbocycles. The standard InChI is InChI=1S/C13H13NO3S/c1-13(16,12-14-7-8-18-12)10-5-3-9(4-6-10)11(15)17-2/h3-8,16H,1-2H3. The van der Waals surface area contributed by atoms with E-state index in [2.05, 4.69) is 9.72 Å². The van der Waals surface area contributed by atoms with E-state index >= 15 is 0 Å². The maximum Gasteiger partial charge on any atom is 0.337 e. The number of rotatable bonds is 3. The Morgan fingerprint density at radius 2 is 2.06 bits per heavy atom. The molecule has 1 aromatic heterocycles. The Kier molecular flexibility index (Phi) is 3.45. The number of nitrogens with zero attached hydrogens (tertiary/aromatic N) is 1. The molecule has 1 N–H and O–H groups in total. The van der Waals surface area contributed by atoms with Crippen LogP contribution < -0.4 is 0 Å². The second kappa shape index (κ2) is 4.88. The Balaban J connectivity index is 2.32. The van der Waals surface area contributed by atoms with Gasteiger partial charge >= 0.3 is 5.97 Å². The van der Waals surface area contributed by atoms with Crippen molar-refractivity contribution in [1.29, 1.82) is 0 Å². The monoisotopic (exact) mass is 263 g/mol. The van der Waals surface area contributed by atoms with Crippen molar-refractivity contribution in [3.63, 3.8) is 0 Å². The van der Waals surface area contributed by atoms with Crippen LogP contribution >= 0.6 is 11.3 Å². The predicted molar refractivity (Wildman–Crippen MR) is 68.6 cm³/mol. The minimum Gasteiger partial charge on any atom is -0.465 e. The first-order valence-electron chi connectivity index (χ1n) is 5.37. The summed E-state index contributed by atoms with van der Waals surface area (Å²) in [5.41, 5.74) is -0.00990. The van der Waals surface area contributed by atoms with Crippen LogP contribution in [0, 0.1) is 0 Å². The lowest BCUT2D eigenvalue weighted by molar-refractivity contribution is 0.0600. The van der Waals surface area contributed by atoms with Gasteiger partial charge in [-0.2, -0.15) is 0 Å². The molecule has 0 fully saturated rings. The first kappa shape index (κ1) is 12.7. The number of thiazole rings is 1. The number of hydrogen-bond donors (Lipinski definition) is 1. The van der Waals surface area contributed by atoms with Gasteiger partial charge in [0.15, 0.2) is 0 Å². The molecule has 94 valence electrons. The average molecular weight is 263 g/mol. The predicted octanol–water partition coefficient (Wildman–Crippen LogP) is 2.19. The summed E-state index contributed by atoms with van der Waals surface area (Å²) >= 11 is 1.39. The lowest BCUT2D eigenvalue weighted by Gasteiger charge is -2.21. The van der Waals surface area contributed by atoms with Gasteiger partial charge in [0, 0.05) is 11.6 Å². The second-order valence-corrected chi connectivity index (χ2v) is 4.87. The van der Waals surface area contributed by atoms with Crippen molar-refractivity contribution in [3.05, 3.63) is 52.0 Å². The van der Waals surface area contributed by atoms with Crippen LogP contribution in [0.4, 0.5) is 0 Å². The molecule has 0 radical (unpaired) electrons. The first-order valence-corrected chi connectivity index (χ1v) is 6.25. The zero-order valence-electron chi connectivity index (χ0n) is 10.1. The molecule has 0 aliphatic heterocycles. The van der Waals surface area contributed by atoms with E-state index in [9.17, 15) is 9.90 Å². The molecule has 18 heavy (non-hydrogen) atoms. The number of ether oxygens (including phenoxy) is 1. The summed E-state index contributed by atoms with van der Waals surface area (Å²) in [6.45, 7) is 1.68. The summed E-state index contributed by atoms with van der Waals surface area (Å²) in [6, 6.07) is 6.66. The molecule has 0 amide bonds. The van der Waals surface area contributed by atoms with Crippen LogP contribution in [-0.2, 0) is 10.3 Å². The number of esters is 1. The maximum atomic E-state index is 11.3. The number of aromatic nitrogens is 1. The van der Waals surface area contributed by atoms with E-state index in [1.54, 1.807) is 37.4 Å². The molecule has 0 aliphatic rings. The highest BCUT2D eigenvalue weighted by Gasteiger charge is 2.28. The van der Waals surface area contributed by atoms with Crippen molar-refractivity contribution >= 4 is 17.3 Å². The summed E-state index contributed by atoms with van der Waals surface area (Å²) in [4.78, 5) is 15.4. The van der Waals surface area contributed by atoms with Gasteiger partial charge in [-0.1, -0.05) is 12.1 Å². The summed E-state index contributed by atoms with van der Waals surface area (Å²) < 4.78 is 4.62. The molecular weight excluding hydrogens is 250 g/mol. The smallest absolute Gasteiger partial charge is 0.337 e. The molecule has 4 nitrogen and oxygen atoms in total. The zero-order valence-corrected chi connectivity index (χ0v) is 10.9. The van der Waals surface area contributed by atoms with Crippen LogP contribution in [-0.4, -0.2) is 23.2 Å². The van der Waals surface area contributed by atoms with Crippen molar-refractivity contribution in [2.45, 2.75) is 12.5 Å². The lowest BCUT2D eigenvalue weighted by Crippen LogP contribution is -2.22. The topological polar surface area (TPSA) is 59.4 Å². The summed E-state index contributed by atoms with van der Waals surface area (Å²) in [7, 11) is 1.34. The maximum absolute atomic E-state index is 11.3. The summed E-state index contributed by atoms with van der Waals surface area (Å²) in [5.74, 6) is -0.393. The molecule has 0 saturated heterocycles. The fraction of sp³-hybridized carbons (Fsp3) is 0.231. The number of benzene rings is 1. The Hall–Kier alpha value is -1.72. The number of methoxy groups -OCH3 is 1. The van der Waals surface area contributed by atoms with Gasteiger partial charge in [-0.3, -0.25) is 0 Å². The van der Waals surface area contributed by atoms with Gasteiger partial charge in [-0.25, -0.2) is 9.78 Å². The van der Waals surface area contributed by atoms with Crippen LogP contribution in [0.3, 0.4) is 0 Å². The molecule has 1 heterocycles. The van der Waals surface area contributed by atoms with E-state index in [4.69, 9.17) is 0 Å². The number of hydrogen-bond acceptors (Lipinski definition) is 5. The lowest BCUT2D eigenvalue weighted by atomic mass is 9.96. The van der Waals surface area contributed by atoms with Crippen molar-refractivity contribution in [1.82, 2.24) is 4.98 Å². The molecule has 0 saturated carbocycles. The number of aliphatic hydroxyl groups is 1. The van der Waals surface area contributed by atoms with E-state index < -0.39 is 11.6 Å². The molecule has 2 aromatic rings. The molecule has 2 rings (SSSR count). The molecule has 0 bridgehead atoms. The van der Waals surface area contributed by atoms with Crippen LogP contribution in [0.15, 0.2) is 35.8 Å². The Morgan fingerprint density at radius 3 is 2.56 bits per heavy atom. The van der Waals surface area contributed by atoms with Crippen LogP contribution in [0.1, 0.15) is 27.9 Å². The highest BCUT2D eigenvalue weighted by Crippen LogP contribution is 2.30. The van der Waals surface area contributed by atoms with Crippen molar-refractivity contribution in [2.24, 2.45) is 0 Å². The number of carbonyl (C=O) groups is 1. The molecule has 0 aliphatic carbocycles. The van der Waals surface area contributed by atoms with Crippen LogP contribution in [0.25, 0.3) is 0 Å². The quantitative estimate of drug-likeness (QED) is 0.862. The fourth-order valence-electron chi connectivity index (χ4n) is 1.64. The SMILES string of the molecule is COC(=O)c1ccc(C(C)(O)c2nccs2)cc1. The van der Waals surface area contributed by atoms with E-state index in [0.29, 0.717) is 16.1 Å². The van der Waals surface area contributed by atoms with Crippen LogP contribution in [0.2, 0.25) is 0 Å². The van der Waals surface area contributed by atoms with Gasteiger partial charge in [0.05, 0.1) is 12.7 Å². The minimum absolute atomic E-state index is 0.393. The second-order valence-electron chi connectivity index (χ2n) is 3.98. The Labute approximate surface area is 109 Å². The van der Waals surface area contributed by atoms with Gasteiger partial charge in [0.25, 0.3) is 0 Å². The third-order valence-corrected chi connectivity index (χ3v) is 3.70. The van der Waals surface area contributed by atoms with Crippen LogP contribution in [0.5, 0.6) is 0 Å². The highest BCUT2D eigenvalue weighted by atomic mass is 32.1. The van der Waals surface area contributed by atoms with Gasteiger partial charge in [0.1, 0.15) is 10.6 Å². The van der Waals surface area contributed by atoms with Gasteiger partial charge in [0.2, 0.25) is 0 Å². The zero-order chi connectivity index (χ0) is 13.2. The van der Waals surface area contributed by atoms with Gasteiger partial charge < -0.3 is 9.84 Å². The third kappa shape index (κ3) is 2.27. The largest absolute Gasteiger partial charge is 0.465 e. The van der Waals surface area contributed by atoms with Crippen molar-refractivity contribution in [3.8, 4) is 0 Å². The molecular formula is C13H13NO3S. The fourth-order valence-corrected chi connectivity index (χ4v) is 2.36. The molecule has 1 unspecified atom stereocenters. The Morgan fingerprint density at radius 1 is 1.39 bits per heavy atom. The van der Waals surface area contributed by atoms with E-state index in [1.165, 1.54) is 18.4 Å². The Bertz CT molecular complexity index is 532. The normalized spacial score (nSPS) is 13.9. The molecule has 5 heteroatoms. The van der Waals surface area contributed by atoms with Gasteiger partial charge in [-0.05, 0) is 24.6 Å². The summed E-state index contributed by atoms with van der Waals surface area (Å²) in [5, 5.41) is 12.9. The third-order valence-electron chi connectivity index (χ3n) is 2.72. The molecule has 1 atom stereocenters. The summed E-state index contributed by atoms with van der Waals surface area (Å²) in [6.07, 6.45) is 1.65. The van der Waals surface area contributed by atoms with E-state index in [1.807, 2.05) is 5.38 Å². The molecule has 0 spiro atoms.